The highest BCUT2D eigenvalue weighted by molar-refractivity contribution is 7.98. The molecule has 0 aliphatic carbocycles. The van der Waals surface area contributed by atoms with Gasteiger partial charge in [0.05, 0.1) is 0 Å². The maximum absolute atomic E-state index is 13.9. The van der Waals surface area contributed by atoms with Crippen LogP contribution in [0.3, 0.4) is 0 Å². The summed E-state index contributed by atoms with van der Waals surface area (Å²) in [5, 5.41) is 4.33. The highest BCUT2D eigenvalue weighted by Gasteiger charge is 2.09. The third-order valence-corrected chi connectivity index (χ3v) is 5.12. The number of halogens is 1. The van der Waals surface area contributed by atoms with Crippen LogP contribution in [0.1, 0.15) is 30.5 Å². The van der Waals surface area contributed by atoms with Gasteiger partial charge in [-0.1, -0.05) is 32.0 Å². The Balaban J connectivity index is 0.000000527. The van der Waals surface area contributed by atoms with Gasteiger partial charge in [-0.15, -0.1) is 11.8 Å². The highest BCUT2D eigenvalue weighted by atomic mass is 32.2. The number of anilines is 1. The summed E-state index contributed by atoms with van der Waals surface area (Å²) in [6.07, 6.45) is 2.49. The van der Waals surface area contributed by atoms with Gasteiger partial charge in [-0.3, -0.25) is 15.6 Å². The van der Waals surface area contributed by atoms with Crippen LogP contribution in [0.25, 0.3) is 0 Å². The SMILES string of the molecule is CCc1ccc(F)c(SCc2c(CC)cccc2NC)c1.CN(C=O)NN. The number of benzene rings is 2. The van der Waals surface area contributed by atoms with E-state index in [-0.39, 0.29) is 5.82 Å². The van der Waals surface area contributed by atoms with Gasteiger partial charge in [0.1, 0.15) is 5.82 Å². The van der Waals surface area contributed by atoms with Crippen LogP contribution in [0.2, 0.25) is 0 Å². The van der Waals surface area contributed by atoms with Crippen molar-refractivity contribution in [3.05, 3.63) is 58.9 Å². The second-order valence-corrected chi connectivity index (χ2v) is 6.82. The molecule has 0 spiro atoms. The van der Waals surface area contributed by atoms with Crippen molar-refractivity contribution in [3.63, 3.8) is 0 Å². The Hall–Kier alpha value is -2.09. The zero-order chi connectivity index (χ0) is 20.2. The number of hydrogen-bond donors (Lipinski definition) is 3. The monoisotopic (exact) mass is 392 g/mol. The number of hydrogen-bond acceptors (Lipinski definition) is 5. The van der Waals surface area contributed by atoms with Gasteiger partial charge in [0, 0.05) is 30.4 Å². The Bertz CT molecular complexity index is 705. The number of carbonyl (C=O) groups is 1. The minimum Gasteiger partial charge on any atom is -0.388 e. The summed E-state index contributed by atoms with van der Waals surface area (Å²) in [6.45, 7) is 4.24. The second kappa shape index (κ2) is 12.3. The van der Waals surface area contributed by atoms with Crippen LogP contribution in [-0.4, -0.2) is 25.5 Å². The van der Waals surface area contributed by atoms with Crippen molar-refractivity contribution in [1.29, 1.82) is 0 Å². The highest BCUT2D eigenvalue weighted by Crippen LogP contribution is 2.31. The van der Waals surface area contributed by atoms with Crippen molar-refractivity contribution in [2.24, 2.45) is 5.84 Å². The average Bonchev–Trinajstić information content (AvgIpc) is 2.72. The number of aryl methyl sites for hydroxylation is 2. The van der Waals surface area contributed by atoms with E-state index in [1.165, 1.54) is 23.7 Å². The molecule has 0 heterocycles. The summed E-state index contributed by atoms with van der Waals surface area (Å²) in [5.74, 6) is 5.38. The molecule has 7 heteroatoms. The molecule has 148 valence electrons. The van der Waals surface area contributed by atoms with Crippen LogP contribution in [0.5, 0.6) is 0 Å². The van der Waals surface area contributed by atoms with Crippen molar-refractivity contribution in [2.75, 3.05) is 19.4 Å². The van der Waals surface area contributed by atoms with Gasteiger partial charge in [0.2, 0.25) is 6.41 Å². The van der Waals surface area contributed by atoms with Gasteiger partial charge < -0.3 is 5.32 Å². The molecule has 0 aromatic heterocycles. The van der Waals surface area contributed by atoms with Crippen molar-refractivity contribution >= 4 is 23.9 Å². The maximum atomic E-state index is 13.9. The lowest BCUT2D eigenvalue weighted by Crippen LogP contribution is -2.38. The van der Waals surface area contributed by atoms with E-state index in [1.807, 2.05) is 19.2 Å². The number of hydrazine groups is 2. The Morgan fingerprint density at radius 2 is 1.96 bits per heavy atom. The first-order chi connectivity index (χ1) is 13.0. The molecule has 5 nitrogen and oxygen atoms in total. The minimum atomic E-state index is -0.128. The normalized spacial score (nSPS) is 10.0. The molecule has 0 unspecified atom stereocenters. The van der Waals surface area contributed by atoms with Crippen LogP contribution in [0.4, 0.5) is 10.1 Å². The van der Waals surface area contributed by atoms with Gasteiger partial charge in [-0.2, -0.15) is 5.53 Å². The number of thioether (sulfide) groups is 1. The van der Waals surface area contributed by atoms with E-state index in [0.29, 0.717) is 6.41 Å². The van der Waals surface area contributed by atoms with E-state index in [2.05, 4.69) is 42.9 Å². The molecule has 2 aromatic carbocycles. The predicted octanol–water partition coefficient (Wildman–Crippen LogP) is 3.74. The van der Waals surface area contributed by atoms with Crippen molar-refractivity contribution in [2.45, 2.75) is 37.3 Å². The third kappa shape index (κ3) is 7.21. The van der Waals surface area contributed by atoms with E-state index in [4.69, 9.17) is 5.84 Å². The van der Waals surface area contributed by atoms with Crippen LogP contribution in [0, 0.1) is 5.82 Å². The van der Waals surface area contributed by atoms with Gasteiger partial charge >= 0.3 is 0 Å². The van der Waals surface area contributed by atoms with Crippen LogP contribution >= 0.6 is 11.8 Å². The van der Waals surface area contributed by atoms with Crippen molar-refractivity contribution in [1.82, 2.24) is 10.5 Å². The molecule has 0 aliphatic rings. The van der Waals surface area contributed by atoms with Gasteiger partial charge in [-0.25, -0.2) is 4.39 Å². The minimum absolute atomic E-state index is 0.128. The smallest absolute Gasteiger partial charge is 0.224 e. The van der Waals surface area contributed by atoms with Gasteiger partial charge in [0.25, 0.3) is 0 Å². The van der Waals surface area contributed by atoms with Crippen LogP contribution in [-0.2, 0) is 23.4 Å². The summed E-state index contributed by atoms with van der Waals surface area (Å²) < 4.78 is 13.9. The lowest BCUT2D eigenvalue weighted by Gasteiger charge is -2.14. The van der Waals surface area contributed by atoms with E-state index < -0.39 is 0 Å². The fourth-order valence-electron chi connectivity index (χ4n) is 2.43. The number of amides is 1. The van der Waals surface area contributed by atoms with Crippen molar-refractivity contribution < 1.29 is 9.18 Å². The summed E-state index contributed by atoms with van der Waals surface area (Å²) in [4.78, 5) is 10.3. The molecule has 2 aromatic rings. The number of nitrogens with two attached hydrogens (primary N) is 1. The quantitative estimate of drug-likeness (QED) is 0.276. The van der Waals surface area contributed by atoms with Gasteiger partial charge in [-0.05, 0) is 47.7 Å². The molecule has 0 radical (unpaired) electrons. The molecule has 0 atom stereocenters. The second-order valence-electron chi connectivity index (χ2n) is 5.80. The zero-order valence-electron chi connectivity index (χ0n) is 16.4. The molecule has 4 N–H and O–H groups in total. The van der Waals surface area contributed by atoms with E-state index in [1.54, 1.807) is 17.8 Å². The summed E-state index contributed by atoms with van der Waals surface area (Å²) in [6, 6.07) is 11.7. The first kappa shape index (κ1) is 23.0. The molecule has 0 aliphatic heterocycles. The Morgan fingerprint density at radius 3 is 2.48 bits per heavy atom. The zero-order valence-corrected chi connectivity index (χ0v) is 17.2. The van der Waals surface area contributed by atoms with E-state index in [0.717, 1.165) is 34.2 Å². The maximum Gasteiger partial charge on any atom is 0.224 e. The lowest BCUT2D eigenvalue weighted by atomic mass is 10.0. The number of carbonyl (C=O) groups excluding carboxylic acids is 1. The molecule has 0 saturated heterocycles. The predicted molar refractivity (Wildman–Crippen MR) is 112 cm³/mol. The Labute approximate surface area is 165 Å². The molecule has 0 bridgehead atoms. The van der Waals surface area contributed by atoms with E-state index in [9.17, 15) is 9.18 Å². The molecule has 0 saturated carbocycles. The number of rotatable bonds is 8. The average molecular weight is 393 g/mol. The lowest BCUT2D eigenvalue weighted by molar-refractivity contribution is -0.119. The third-order valence-electron chi connectivity index (χ3n) is 4.06. The molecular weight excluding hydrogens is 363 g/mol. The topological polar surface area (TPSA) is 70.4 Å². The summed E-state index contributed by atoms with van der Waals surface area (Å²) >= 11 is 1.57. The molecule has 2 rings (SSSR count). The molecule has 27 heavy (non-hydrogen) atoms. The number of nitrogens with one attached hydrogen (secondary N) is 2. The standard InChI is InChI=1S/C18H22FNS.C2H7N3O/c1-4-13-9-10-16(19)18(11-13)21-12-15-14(5-2)7-6-8-17(15)20-3;1-5(2-6)4-3/h6-11,20H,4-5,12H2,1-3H3;2,4H,3H2,1H3. The summed E-state index contributed by atoms with van der Waals surface area (Å²) in [5.41, 5.74) is 6.98. The van der Waals surface area contributed by atoms with E-state index >= 15 is 0 Å². The molecular formula is C20H29FN4OS. The summed E-state index contributed by atoms with van der Waals surface area (Å²) in [7, 11) is 3.44. The Morgan fingerprint density at radius 1 is 1.22 bits per heavy atom. The molecule has 0 fully saturated rings. The fraction of sp³-hybridized carbons (Fsp3) is 0.350. The fourth-order valence-corrected chi connectivity index (χ4v) is 3.51. The molecule has 1 amide bonds. The van der Waals surface area contributed by atoms with Crippen molar-refractivity contribution in [3.8, 4) is 0 Å². The van der Waals surface area contributed by atoms with Crippen LogP contribution in [0.15, 0.2) is 41.3 Å². The first-order valence-electron chi connectivity index (χ1n) is 8.84. The first-order valence-corrected chi connectivity index (χ1v) is 9.83. The van der Waals surface area contributed by atoms with Gasteiger partial charge in [0.15, 0.2) is 0 Å². The largest absolute Gasteiger partial charge is 0.388 e. The number of nitrogens with zero attached hydrogens (tertiary/aromatic N) is 1. The van der Waals surface area contributed by atoms with Crippen LogP contribution < -0.4 is 16.7 Å². The Kier molecular flexibility index (Phi) is 10.5.